The zero-order valence-electron chi connectivity index (χ0n) is 29.1. The Bertz CT molecular complexity index is 2180. The number of nitrogens with zero attached hydrogens (tertiary/aromatic N) is 4. The van der Waals surface area contributed by atoms with Crippen LogP contribution in [0.1, 0.15) is 64.3 Å². The van der Waals surface area contributed by atoms with Gasteiger partial charge in [-0.05, 0) is 55.2 Å². The molecule has 5 heterocycles. The number of aromatic nitrogens is 3. The van der Waals surface area contributed by atoms with Crippen molar-refractivity contribution in [3.8, 4) is 5.75 Å². The van der Waals surface area contributed by atoms with E-state index < -0.39 is 66.2 Å². The maximum Gasteiger partial charge on any atom is 0.264 e. The Morgan fingerprint density at radius 3 is 2.67 bits per heavy atom. The van der Waals surface area contributed by atoms with Gasteiger partial charge in [0.25, 0.3) is 17.7 Å². The second kappa shape index (κ2) is 15.6. The second-order valence-corrected chi connectivity index (χ2v) is 13.7. The van der Waals surface area contributed by atoms with Crippen molar-refractivity contribution in [3.63, 3.8) is 0 Å². The van der Waals surface area contributed by atoms with Gasteiger partial charge in [-0.15, -0.1) is 0 Å². The van der Waals surface area contributed by atoms with Crippen molar-refractivity contribution in [2.75, 3.05) is 30.7 Å². The topological polar surface area (TPSA) is 261 Å². The number of hydrogen-bond acceptors (Lipinski definition) is 14. The highest BCUT2D eigenvalue weighted by molar-refractivity contribution is 6.32. The lowest BCUT2D eigenvalue weighted by Crippen LogP contribution is -2.54. The minimum atomic E-state index is -1.48. The monoisotopic (exact) mass is 776 g/mol. The van der Waals surface area contributed by atoms with Crippen molar-refractivity contribution >= 4 is 63.7 Å². The number of nitrogen functional groups attached to an aromatic ring is 1. The number of ether oxygens (including phenoxy) is 2. The quantitative estimate of drug-likeness (QED) is 0.0733. The summed E-state index contributed by atoms with van der Waals surface area (Å²) in [5.74, 6) is -2.42. The number of benzene rings is 2. The van der Waals surface area contributed by atoms with E-state index in [0.29, 0.717) is 42.7 Å². The SMILES string of the molecule is Nc1ncnc2c1ccn2[C@@H]1O[C@H]([C@H](O)c2ccc(Cl)c(OCC(=O)NCCCCNc3cccc4c3C(=O)N(C3CCC(=O)NC3=O)C4=O)c2)[C@@H](O)[C@H]1O. The molecule has 0 saturated carbocycles. The van der Waals surface area contributed by atoms with Gasteiger partial charge in [-0.25, -0.2) is 9.97 Å². The van der Waals surface area contributed by atoms with E-state index >= 15 is 0 Å². The number of carbonyl (C=O) groups is 5. The lowest BCUT2D eigenvalue weighted by atomic mass is 9.99. The molecule has 288 valence electrons. The molecular weight excluding hydrogens is 740 g/mol. The maximum atomic E-state index is 13.3. The molecule has 0 radical (unpaired) electrons. The zero-order chi connectivity index (χ0) is 39.0. The Kier molecular flexibility index (Phi) is 10.7. The van der Waals surface area contributed by atoms with E-state index in [-0.39, 0.29) is 52.7 Å². The molecule has 0 bridgehead atoms. The molecule has 2 aromatic heterocycles. The summed E-state index contributed by atoms with van der Waals surface area (Å²) in [6.45, 7) is 0.331. The zero-order valence-corrected chi connectivity index (χ0v) is 29.8. The molecule has 0 spiro atoms. The van der Waals surface area contributed by atoms with Crippen LogP contribution in [0.5, 0.6) is 5.75 Å². The van der Waals surface area contributed by atoms with Crippen LogP contribution in [0.25, 0.3) is 11.0 Å². The fourth-order valence-corrected chi connectivity index (χ4v) is 7.11. The normalized spacial score (nSPS) is 22.8. The van der Waals surface area contributed by atoms with Crippen molar-refractivity contribution in [3.05, 3.63) is 76.7 Å². The summed E-state index contributed by atoms with van der Waals surface area (Å²) in [5, 5.41) is 41.7. The molecule has 7 rings (SSSR count). The smallest absolute Gasteiger partial charge is 0.264 e. The average molecular weight is 777 g/mol. The number of rotatable bonds is 13. The van der Waals surface area contributed by atoms with E-state index in [1.54, 1.807) is 24.4 Å². The molecule has 4 aromatic rings. The van der Waals surface area contributed by atoms with Gasteiger partial charge in [-0.2, -0.15) is 0 Å². The Hall–Kier alpha value is -5.66. The van der Waals surface area contributed by atoms with Crippen LogP contribution in [0.4, 0.5) is 11.5 Å². The highest BCUT2D eigenvalue weighted by Gasteiger charge is 2.48. The summed E-state index contributed by atoms with van der Waals surface area (Å²) in [4.78, 5) is 71.9. The molecule has 0 aliphatic carbocycles. The fourth-order valence-electron chi connectivity index (χ4n) is 6.93. The first kappa shape index (κ1) is 37.6. The summed E-state index contributed by atoms with van der Waals surface area (Å²) in [6, 6.07) is 9.80. The standard InChI is InChI=1S/C36H37ClN8O10/c37-20-7-6-17(27(48)30-28(49)29(50)36(55-30)44-13-10-19-31(38)41-16-42-32(19)44)14-23(20)54-15-25(47)40-12-2-1-11-39-21-5-3-4-18-26(21)35(53)45(34(18)52)22-8-9-24(46)43-33(22)51/h3-7,10,13-14,16,22,27-30,36,39,48-50H,1-2,8-9,11-12,15H2,(H,40,47)(H2,38,41,42)(H,43,46,51)/t22?,27-,28+,29-,30-,36-/m1/s1. The molecule has 55 heavy (non-hydrogen) atoms. The minimum absolute atomic E-state index is 0.0279. The summed E-state index contributed by atoms with van der Waals surface area (Å²) in [5.41, 5.74) is 7.33. The third-order valence-electron chi connectivity index (χ3n) is 9.77. The number of aliphatic hydroxyl groups is 3. The molecule has 6 atom stereocenters. The molecule has 3 aliphatic heterocycles. The number of carbonyl (C=O) groups excluding carboxylic acids is 5. The predicted octanol–water partition coefficient (Wildman–Crippen LogP) is 0.808. The number of anilines is 2. The molecule has 1 unspecified atom stereocenters. The number of nitrogens with one attached hydrogen (secondary N) is 3. The molecule has 2 fully saturated rings. The number of aliphatic hydroxyl groups excluding tert-OH is 3. The average Bonchev–Trinajstić information content (AvgIpc) is 3.81. The van der Waals surface area contributed by atoms with Gasteiger partial charge in [-0.1, -0.05) is 23.7 Å². The van der Waals surface area contributed by atoms with E-state index in [0.717, 1.165) is 4.90 Å². The van der Waals surface area contributed by atoms with Crippen LogP contribution < -0.4 is 26.4 Å². The van der Waals surface area contributed by atoms with E-state index in [2.05, 4.69) is 25.9 Å². The molecule has 5 amide bonds. The van der Waals surface area contributed by atoms with Gasteiger partial charge in [0.15, 0.2) is 12.8 Å². The molecular formula is C36H37ClN8O10. The number of halogens is 1. The number of piperidine rings is 1. The minimum Gasteiger partial charge on any atom is -0.482 e. The summed E-state index contributed by atoms with van der Waals surface area (Å²) < 4.78 is 13.1. The van der Waals surface area contributed by atoms with Crippen LogP contribution in [-0.2, 0) is 19.1 Å². The lowest BCUT2D eigenvalue weighted by molar-refractivity contribution is -0.136. The van der Waals surface area contributed by atoms with Crippen molar-refractivity contribution < 1.29 is 48.8 Å². The van der Waals surface area contributed by atoms with E-state index in [9.17, 15) is 39.3 Å². The van der Waals surface area contributed by atoms with Gasteiger partial charge in [-0.3, -0.25) is 34.2 Å². The predicted molar refractivity (Wildman–Crippen MR) is 194 cm³/mol. The first-order valence-corrected chi connectivity index (χ1v) is 17.9. The highest BCUT2D eigenvalue weighted by Crippen LogP contribution is 2.39. The van der Waals surface area contributed by atoms with Crippen molar-refractivity contribution in [1.29, 1.82) is 0 Å². The van der Waals surface area contributed by atoms with Crippen LogP contribution in [0.2, 0.25) is 5.02 Å². The van der Waals surface area contributed by atoms with Crippen LogP contribution >= 0.6 is 11.6 Å². The molecule has 8 N–H and O–H groups in total. The van der Waals surface area contributed by atoms with Crippen LogP contribution in [-0.4, -0.2) is 108 Å². The number of imide groups is 2. The number of nitrogens with two attached hydrogens (primary N) is 1. The molecule has 18 nitrogen and oxygen atoms in total. The number of fused-ring (bicyclic) bond motifs is 2. The van der Waals surface area contributed by atoms with Gasteiger partial charge in [0.05, 0.1) is 21.5 Å². The van der Waals surface area contributed by atoms with Crippen LogP contribution in [0, 0.1) is 0 Å². The third kappa shape index (κ3) is 7.29. The first-order valence-electron chi connectivity index (χ1n) is 17.5. The number of amides is 5. The van der Waals surface area contributed by atoms with Gasteiger partial charge >= 0.3 is 0 Å². The first-order chi connectivity index (χ1) is 26.4. The van der Waals surface area contributed by atoms with Crippen molar-refractivity contribution in [2.24, 2.45) is 0 Å². The number of hydrogen-bond donors (Lipinski definition) is 7. The van der Waals surface area contributed by atoms with Crippen LogP contribution in [0.15, 0.2) is 55.0 Å². The molecule has 2 aromatic carbocycles. The fraction of sp³-hybridized carbons (Fsp3) is 0.361. The van der Waals surface area contributed by atoms with E-state index in [1.807, 2.05) is 0 Å². The second-order valence-electron chi connectivity index (χ2n) is 13.3. The van der Waals surface area contributed by atoms with E-state index in [1.165, 1.54) is 35.2 Å². The Labute approximate surface area is 317 Å². The lowest BCUT2D eigenvalue weighted by Gasteiger charge is -2.27. The highest BCUT2D eigenvalue weighted by atomic mass is 35.5. The maximum absolute atomic E-state index is 13.3. The van der Waals surface area contributed by atoms with Gasteiger partial charge in [0, 0.05) is 31.4 Å². The molecule has 3 aliphatic rings. The Morgan fingerprint density at radius 1 is 1.07 bits per heavy atom. The largest absolute Gasteiger partial charge is 0.482 e. The third-order valence-corrected chi connectivity index (χ3v) is 10.1. The van der Waals surface area contributed by atoms with Gasteiger partial charge < -0.3 is 45.7 Å². The summed E-state index contributed by atoms with van der Waals surface area (Å²) in [7, 11) is 0. The van der Waals surface area contributed by atoms with Gasteiger partial charge in [0.2, 0.25) is 11.8 Å². The summed E-state index contributed by atoms with van der Waals surface area (Å²) in [6.07, 6.45) is -2.56. The molecule has 19 heteroatoms. The Morgan fingerprint density at radius 2 is 1.87 bits per heavy atom. The Balaban J connectivity index is 0.874. The van der Waals surface area contributed by atoms with Crippen molar-refractivity contribution in [2.45, 2.75) is 62.4 Å². The van der Waals surface area contributed by atoms with Gasteiger partial charge in [0.1, 0.15) is 54.0 Å². The molecule has 2 saturated heterocycles. The van der Waals surface area contributed by atoms with E-state index in [4.69, 9.17) is 26.8 Å². The van der Waals surface area contributed by atoms with Crippen molar-refractivity contribution in [1.82, 2.24) is 30.1 Å². The van der Waals surface area contributed by atoms with Crippen LogP contribution in [0.3, 0.4) is 0 Å². The number of unbranched alkanes of at least 4 members (excludes halogenated alkanes) is 1. The summed E-state index contributed by atoms with van der Waals surface area (Å²) >= 11 is 6.31.